The van der Waals surface area contributed by atoms with Gasteiger partial charge in [0.1, 0.15) is 4.83 Å². The van der Waals surface area contributed by atoms with Gasteiger partial charge in [0.2, 0.25) is 5.95 Å². The minimum atomic E-state index is -0.318. The summed E-state index contributed by atoms with van der Waals surface area (Å²) >= 11 is 7.47. The van der Waals surface area contributed by atoms with Gasteiger partial charge in [0, 0.05) is 16.3 Å². The predicted octanol–water partition coefficient (Wildman–Crippen LogP) is 5.71. The van der Waals surface area contributed by atoms with E-state index in [1.807, 2.05) is 57.2 Å². The molecule has 0 saturated heterocycles. The van der Waals surface area contributed by atoms with E-state index in [-0.39, 0.29) is 11.2 Å². The molecule has 1 aliphatic heterocycles. The van der Waals surface area contributed by atoms with Crippen LogP contribution in [-0.2, 0) is 17.8 Å². The summed E-state index contributed by atoms with van der Waals surface area (Å²) in [6.07, 6.45) is 2.34. The maximum atomic E-state index is 13.8. The molecule has 0 bridgehead atoms. The van der Waals surface area contributed by atoms with E-state index in [0.717, 1.165) is 27.3 Å². The van der Waals surface area contributed by atoms with Crippen LogP contribution in [0.3, 0.4) is 0 Å². The van der Waals surface area contributed by atoms with Gasteiger partial charge < -0.3 is 4.74 Å². The SMILES string of the molecule is Cc1ccc(-n2c(NN=Cc3ccc(Cl)cc3)nc3sc4c(c3c2=O)CC(C)(C)OC4)cc1. The Labute approximate surface area is 200 Å². The van der Waals surface area contributed by atoms with Crippen LogP contribution in [-0.4, -0.2) is 21.4 Å². The molecule has 3 heterocycles. The van der Waals surface area contributed by atoms with E-state index in [1.54, 1.807) is 22.9 Å². The van der Waals surface area contributed by atoms with Gasteiger partial charge in [0.25, 0.3) is 5.56 Å². The Hall–Kier alpha value is -3.00. The lowest BCUT2D eigenvalue weighted by Gasteiger charge is -2.29. The molecule has 1 N–H and O–H groups in total. The highest BCUT2D eigenvalue weighted by atomic mass is 35.5. The number of hydrogen-bond acceptors (Lipinski definition) is 6. The summed E-state index contributed by atoms with van der Waals surface area (Å²) in [6, 6.07) is 15.1. The van der Waals surface area contributed by atoms with Gasteiger partial charge in [-0.2, -0.15) is 5.10 Å². The Morgan fingerprint density at radius 1 is 1.18 bits per heavy atom. The number of ether oxygens (including phenoxy) is 1. The van der Waals surface area contributed by atoms with Crippen molar-refractivity contribution < 1.29 is 4.74 Å². The normalized spacial score (nSPS) is 15.2. The van der Waals surface area contributed by atoms with Gasteiger partial charge in [-0.05, 0) is 56.2 Å². The first kappa shape index (κ1) is 21.8. The number of anilines is 1. The molecule has 5 rings (SSSR count). The molecule has 1 aliphatic rings. The second kappa shape index (κ2) is 8.41. The molecular formula is C25H23ClN4O2S. The molecule has 0 radical (unpaired) electrons. The zero-order valence-corrected chi connectivity index (χ0v) is 20.1. The molecule has 4 aromatic rings. The van der Waals surface area contributed by atoms with Crippen LogP contribution in [0, 0.1) is 6.92 Å². The van der Waals surface area contributed by atoms with Gasteiger partial charge >= 0.3 is 0 Å². The number of aryl methyl sites for hydroxylation is 1. The van der Waals surface area contributed by atoms with E-state index in [9.17, 15) is 4.79 Å². The number of fused-ring (bicyclic) bond motifs is 3. The summed E-state index contributed by atoms with van der Waals surface area (Å²) in [5, 5.41) is 5.67. The lowest BCUT2D eigenvalue weighted by molar-refractivity contribution is -0.0379. The Morgan fingerprint density at radius 3 is 2.64 bits per heavy atom. The van der Waals surface area contributed by atoms with Crippen LogP contribution >= 0.6 is 22.9 Å². The highest BCUT2D eigenvalue weighted by molar-refractivity contribution is 7.18. The van der Waals surface area contributed by atoms with Crippen molar-refractivity contribution in [3.63, 3.8) is 0 Å². The maximum absolute atomic E-state index is 13.8. The van der Waals surface area contributed by atoms with Crippen LogP contribution < -0.4 is 11.0 Å². The minimum Gasteiger partial charge on any atom is -0.370 e. The van der Waals surface area contributed by atoms with Gasteiger partial charge in [-0.25, -0.2) is 15.0 Å². The second-order valence-electron chi connectivity index (χ2n) is 8.74. The predicted molar refractivity (Wildman–Crippen MR) is 135 cm³/mol. The van der Waals surface area contributed by atoms with E-state index in [0.29, 0.717) is 34.2 Å². The molecule has 0 unspecified atom stereocenters. The quantitative estimate of drug-likeness (QED) is 0.301. The van der Waals surface area contributed by atoms with Crippen molar-refractivity contribution in [2.24, 2.45) is 5.10 Å². The molecular weight excluding hydrogens is 456 g/mol. The average Bonchev–Trinajstić information content (AvgIpc) is 3.13. The molecule has 0 saturated carbocycles. The third kappa shape index (κ3) is 4.31. The summed E-state index contributed by atoms with van der Waals surface area (Å²) in [4.78, 5) is 20.4. The van der Waals surface area contributed by atoms with Crippen LogP contribution in [0.5, 0.6) is 0 Å². The number of rotatable bonds is 4. The van der Waals surface area contributed by atoms with Gasteiger partial charge in [-0.15, -0.1) is 11.3 Å². The summed E-state index contributed by atoms with van der Waals surface area (Å²) in [6.45, 7) is 6.60. The minimum absolute atomic E-state index is 0.108. The number of hydrazone groups is 1. The first-order valence-electron chi connectivity index (χ1n) is 10.6. The topological polar surface area (TPSA) is 68.5 Å². The number of nitrogens with one attached hydrogen (secondary N) is 1. The summed E-state index contributed by atoms with van der Waals surface area (Å²) in [5.74, 6) is 0.361. The Kier molecular flexibility index (Phi) is 5.56. The Balaban J connectivity index is 1.64. The first-order chi connectivity index (χ1) is 15.8. The molecule has 0 fully saturated rings. The van der Waals surface area contributed by atoms with Crippen molar-refractivity contribution in [2.75, 3.05) is 5.43 Å². The lowest BCUT2D eigenvalue weighted by Crippen LogP contribution is -2.32. The number of aromatic nitrogens is 2. The number of thiophene rings is 1. The number of hydrogen-bond donors (Lipinski definition) is 1. The highest BCUT2D eigenvalue weighted by Crippen LogP contribution is 2.37. The van der Waals surface area contributed by atoms with Crippen LogP contribution in [0.2, 0.25) is 5.02 Å². The van der Waals surface area contributed by atoms with Crippen molar-refractivity contribution in [3.8, 4) is 5.69 Å². The zero-order valence-electron chi connectivity index (χ0n) is 18.6. The summed E-state index contributed by atoms with van der Waals surface area (Å²) in [5.41, 5.74) is 6.32. The van der Waals surface area contributed by atoms with Crippen molar-refractivity contribution in [1.29, 1.82) is 0 Å². The fourth-order valence-corrected chi connectivity index (χ4v) is 5.13. The van der Waals surface area contributed by atoms with Crippen LogP contribution in [0.1, 0.15) is 35.4 Å². The van der Waals surface area contributed by atoms with Gasteiger partial charge in [-0.3, -0.25) is 4.79 Å². The molecule has 0 spiro atoms. The lowest BCUT2D eigenvalue weighted by atomic mass is 9.94. The molecule has 2 aromatic carbocycles. The van der Waals surface area contributed by atoms with Crippen LogP contribution in [0.4, 0.5) is 5.95 Å². The average molecular weight is 479 g/mol. The van der Waals surface area contributed by atoms with Crippen molar-refractivity contribution >= 4 is 45.3 Å². The van der Waals surface area contributed by atoms with E-state index >= 15 is 0 Å². The maximum Gasteiger partial charge on any atom is 0.268 e. The van der Waals surface area contributed by atoms with Gasteiger partial charge in [0.15, 0.2) is 0 Å². The Morgan fingerprint density at radius 2 is 1.91 bits per heavy atom. The molecule has 8 heteroatoms. The second-order valence-corrected chi connectivity index (χ2v) is 10.3. The molecule has 168 valence electrons. The Bertz CT molecular complexity index is 1420. The monoisotopic (exact) mass is 478 g/mol. The van der Waals surface area contributed by atoms with Crippen molar-refractivity contribution in [2.45, 2.75) is 39.4 Å². The van der Waals surface area contributed by atoms with Crippen molar-refractivity contribution in [1.82, 2.24) is 9.55 Å². The molecule has 2 aromatic heterocycles. The standard InChI is InChI=1S/C25H23ClN4O2S/c1-15-4-10-18(11-5-15)30-23(31)21-19-12-25(2,3)32-14-20(19)33-22(21)28-24(30)29-27-13-16-6-8-17(26)9-7-16/h4-11,13H,12,14H2,1-3H3,(H,28,29). The van der Waals surface area contributed by atoms with E-state index < -0.39 is 0 Å². The molecule has 6 nitrogen and oxygen atoms in total. The first-order valence-corrected chi connectivity index (χ1v) is 11.8. The molecule has 0 aliphatic carbocycles. The fraction of sp³-hybridized carbons (Fsp3) is 0.240. The molecule has 0 amide bonds. The number of nitrogens with zero attached hydrogens (tertiary/aromatic N) is 3. The molecule has 33 heavy (non-hydrogen) atoms. The zero-order chi connectivity index (χ0) is 23.2. The third-order valence-electron chi connectivity index (χ3n) is 5.65. The largest absolute Gasteiger partial charge is 0.370 e. The van der Waals surface area contributed by atoms with Crippen LogP contribution in [0.25, 0.3) is 15.9 Å². The van der Waals surface area contributed by atoms with Gasteiger partial charge in [-0.1, -0.05) is 41.4 Å². The molecule has 0 atom stereocenters. The van der Waals surface area contributed by atoms with E-state index in [2.05, 4.69) is 10.5 Å². The van der Waals surface area contributed by atoms with Gasteiger partial charge in [0.05, 0.1) is 29.5 Å². The number of benzene rings is 2. The van der Waals surface area contributed by atoms with Crippen molar-refractivity contribution in [3.05, 3.63) is 85.5 Å². The third-order valence-corrected chi connectivity index (χ3v) is 7.00. The van der Waals surface area contributed by atoms with Crippen LogP contribution in [0.15, 0.2) is 58.4 Å². The smallest absolute Gasteiger partial charge is 0.268 e. The van der Waals surface area contributed by atoms with E-state index in [1.165, 1.54) is 11.3 Å². The summed E-state index contributed by atoms with van der Waals surface area (Å²) in [7, 11) is 0. The fourth-order valence-electron chi connectivity index (χ4n) is 3.91. The highest BCUT2D eigenvalue weighted by Gasteiger charge is 2.31. The van der Waals surface area contributed by atoms with E-state index in [4.69, 9.17) is 21.3 Å². The number of halogens is 1. The summed E-state index contributed by atoms with van der Waals surface area (Å²) < 4.78 is 7.56.